The highest BCUT2D eigenvalue weighted by Crippen LogP contribution is 2.31. The smallest absolute Gasteiger partial charge is 0.0181 e. The Bertz CT molecular complexity index is 1090. The van der Waals surface area contributed by atoms with E-state index in [4.69, 9.17) is 0 Å². The molecule has 136 valence electrons. The van der Waals surface area contributed by atoms with E-state index in [1.165, 1.54) is 39.0 Å². The van der Waals surface area contributed by atoms with E-state index in [1.54, 1.807) is 0 Å². The van der Waals surface area contributed by atoms with E-state index >= 15 is 0 Å². The summed E-state index contributed by atoms with van der Waals surface area (Å²) in [6.45, 7) is 2.15. The average molecular weight is 425 g/mol. The SMILES string of the molecule is Cc1ccc(Br)cc1-c1ccc(/C(=C/c2ccccc2)c2ccccc2)cc1. The lowest BCUT2D eigenvalue weighted by Gasteiger charge is -2.12. The summed E-state index contributed by atoms with van der Waals surface area (Å²) in [4.78, 5) is 0. The molecule has 0 spiro atoms. The van der Waals surface area contributed by atoms with Gasteiger partial charge in [0.05, 0.1) is 0 Å². The minimum absolute atomic E-state index is 1.10. The zero-order valence-corrected chi connectivity index (χ0v) is 17.4. The first-order valence-corrected chi connectivity index (χ1v) is 10.2. The van der Waals surface area contributed by atoms with Gasteiger partial charge in [0.2, 0.25) is 0 Å². The zero-order chi connectivity index (χ0) is 19.3. The Hall–Kier alpha value is -2.90. The van der Waals surface area contributed by atoms with Crippen molar-refractivity contribution in [2.24, 2.45) is 0 Å². The van der Waals surface area contributed by atoms with E-state index in [9.17, 15) is 0 Å². The van der Waals surface area contributed by atoms with Crippen LogP contribution in [0.2, 0.25) is 0 Å². The van der Waals surface area contributed by atoms with Crippen LogP contribution in [0, 0.1) is 6.92 Å². The van der Waals surface area contributed by atoms with Gasteiger partial charge in [-0.1, -0.05) is 107 Å². The van der Waals surface area contributed by atoms with Gasteiger partial charge in [0.25, 0.3) is 0 Å². The summed E-state index contributed by atoms with van der Waals surface area (Å²) >= 11 is 3.59. The maximum Gasteiger partial charge on any atom is 0.0181 e. The molecule has 0 aromatic heterocycles. The molecular weight excluding hydrogens is 404 g/mol. The molecule has 0 bridgehead atoms. The van der Waals surface area contributed by atoms with Crippen molar-refractivity contribution in [2.45, 2.75) is 6.92 Å². The van der Waals surface area contributed by atoms with Crippen molar-refractivity contribution in [3.8, 4) is 11.1 Å². The van der Waals surface area contributed by atoms with Crippen molar-refractivity contribution in [2.75, 3.05) is 0 Å². The monoisotopic (exact) mass is 424 g/mol. The van der Waals surface area contributed by atoms with Gasteiger partial charge in [0.1, 0.15) is 0 Å². The van der Waals surface area contributed by atoms with Gasteiger partial charge in [-0.15, -0.1) is 0 Å². The Morgan fingerprint density at radius 3 is 1.96 bits per heavy atom. The van der Waals surface area contributed by atoms with Crippen LogP contribution >= 0.6 is 15.9 Å². The number of halogens is 1. The highest BCUT2D eigenvalue weighted by Gasteiger charge is 2.08. The molecule has 4 aromatic carbocycles. The zero-order valence-electron chi connectivity index (χ0n) is 15.8. The van der Waals surface area contributed by atoms with Gasteiger partial charge in [0, 0.05) is 4.47 Å². The number of hydrogen-bond acceptors (Lipinski definition) is 0. The van der Waals surface area contributed by atoms with Crippen LogP contribution in [0.3, 0.4) is 0 Å². The lowest BCUT2D eigenvalue weighted by molar-refractivity contribution is 1.44. The Balaban J connectivity index is 1.77. The van der Waals surface area contributed by atoms with Crippen LogP contribution in [0.15, 0.2) is 108 Å². The first-order valence-electron chi connectivity index (χ1n) is 9.40. The van der Waals surface area contributed by atoms with Gasteiger partial charge >= 0.3 is 0 Å². The molecule has 4 aromatic rings. The van der Waals surface area contributed by atoms with Crippen molar-refractivity contribution in [1.82, 2.24) is 0 Å². The van der Waals surface area contributed by atoms with Gasteiger partial charge < -0.3 is 0 Å². The average Bonchev–Trinajstić information content (AvgIpc) is 2.75. The summed E-state index contributed by atoms with van der Waals surface area (Å²) in [5.74, 6) is 0. The highest BCUT2D eigenvalue weighted by atomic mass is 79.9. The van der Waals surface area contributed by atoms with Crippen LogP contribution in [0.1, 0.15) is 22.3 Å². The van der Waals surface area contributed by atoms with Gasteiger partial charge in [-0.3, -0.25) is 0 Å². The number of rotatable bonds is 4. The van der Waals surface area contributed by atoms with E-state index in [0.29, 0.717) is 0 Å². The second-order valence-electron chi connectivity index (χ2n) is 6.87. The van der Waals surface area contributed by atoms with Crippen LogP contribution in [-0.2, 0) is 0 Å². The fourth-order valence-corrected chi connectivity index (χ4v) is 3.76. The third kappa shape index (κ3) is 4.16. The molecule has 0 aliphatic carbocycles. The Kier molecular flexibility index (Phi) is 5.55. The summed E-state index contributed by atoms with van der Waals surface area (Å²) in [7, 11) is 0. The van der Waals surface area contributed by atoms with E-state index < -0.39 is 0 Å². The first kappa shape index (κ1) is 18.5. The fraction of sp³-hybridized carbons (Fsp3) is 0.0370. The molecule has 28 heavy (non-hydrogen) atoms. The molecule has 0 N–H and O–H groups in total. The van der Waals surface area contributed by atoms with Crippen LogP contribution in [-0.4, -0.2) is 0 Å². The normalized spacial score (nSPS) is 11.4. The predicted molar refractivity (Wildman–Crippen MR) is 124 cm³/mol. The second-order valence-corrected chi connectivity index (χ2v) is 7.79. The molecule has 0 radical (unpaired) electrons. The van der Waals surface area contributed by atoms with Crippen molar-refractivity contribution >= 4 is 27.6 Å². The molecule has 1 heteroatoms. The van der Waals surface area contributed by atoms with Crippen molar-refractivity contribution in [3.05, 3.63) is 130 Å². The summed E-state index contributed by atoms with van der Waals surface area (Å²) in [5, 5.41) is 0. The molecule has 0 aliphatic heterocycles. The minimum atomic E-state index is 1.10. The van der Waals surface area contributed by atoms with E-state index in [-0.39, 0.29) is 0 Å². The fourth-order valence-electron chi connectivity index (χ4n) is 3.40. The molecule has 0 nitrogen and oxygen atoms in total. The second kappa shape index (κ2) is 8.41. The van der Waals surface area contributed by atoms with Crippen molar-refractivity contribution in [1.29, 1.82) is 0 Å². The Morgan fingerprint density at radius 1 is 0.679 bits per heavy atom. The molecule has 0 atom stereocenters. The van der Waals surface area contributed by atoms with Crippen molar-refractivity contribution in [3.63, 3.8) is 0 Å². The van der Waals surface area contributed by atoms with Gasteiger partial charge in [0.15, 0.2) is 0 Å². The maximum atomic E-state index is 3.59. The third-order valence-corrected chi connectivity index (χ3v) is 5.40. The van der Waals surface area contributed by atoms with Gasteiger partial charge in [-0.05, 0) is 64.1 Å². The van der Waals surface area contributed by atoms with Gasteiger partial charge in [-0.25, -0.2) is 0 Å². The highest BCUT2D eigenvalue weighted by molar-refractivity contribution is 9.10. The quantitative estimate of drug-likeness (QED) is 0.291. The Morgan fingerprint density at radius 2 is 1.29 bits per heavy atom. The molecular formula is C27H21Br. The standard InChI is InChI=1S/C27H21Br/c1-20-12-17-25(28)19-26(20)23-13-15-24(16-14-23)27(22-10-6-3-7-11-22)18-21-8-4-2-5-9-21/h2-19H,1H3/b27-18+. The largest absolute Gasteiger partial charge is 0.0622 e. The van der Waals surface area contributed by atoms with Gasteiger partial charge in [-0.2, -0.15) is 0 Å². The number of aryl methyl sites for hydroxylation is 1. The molecule has 0 amide bonds. The molecule has 0 fully saturated rings. The molecule has 0 unspecified atom stereocenters. The molecule has 0 heterocycles. The predicted octanol–water partition coefficient (Wildman–Crippen LogP) is 8.01. The summed E-state index contributed by atoms with van der Waals surface area (Å²) < 4.78 is 1.10. The van der Waals surface area contributed by atoms with Crippen molar-refractivity contribution < 1.29 is 0 Å². The summed E-state index contributed by atoms with van der Waals surface area (Å²) in [6.07, 6.45) is 2.26. The Labute approximate surface area is 175 Å². The molecule has 4 rings (SSSR count). The lowest BCUT2D eigenvalue weighted by atomic mass is 9.93. The summed E-state index contributed by atoms with van der Waals surface area (Å²) in [6, 6.07) is 36.3. The van der Waals surface area contributed by atoms with E-state index in [1.807, 2.05) is 0 Å². The van der Waals surface area contributed by atoms with E-state index in [0.717, 1.165) is 4.47 Å². The van der Waals surface area contributed by atoms with Crippen LogP contribution in [0.5, 0.6) is 0 Å². The minimum Gasteiger partial charge on any atom is -0.0622 e. The molecule has 0 saturated carbocycles. The van der Waals surface area contributed by atoms with Crippen LogP contribution in [0.4, 0.5) is 0 Å². The lowest BCUT2D eigenvalue weighted by Crippen LogP contribution is -1.90. The summed E-state index contributed by atoms with van der Waals surface area (Å²) in [5.41, 5.74) is 8.63. The van der Waals surface area contributed by atoms with Crippen LogP contribution in [0.25, 0.3) is 22.8 Å². The molecule has 0 aliphatic rings. The number of benzene rings is 4. The van der Waals surface area contributed by atoms with E-state index in [2.05, 4.69) is 132 Å². The topological polar surface area (TPSA) is 0 Å². The first-order chi connectivity index (χ1) is 13.7. The third-order valence-electron chi connectivity index (χ3n) is 4.90. The van der Waals surface area contributed by atoms with Crippen LogP contribution < -0.4 is 0 Å². The maximum absolute atomic E-state index is 3.59. The molecule has 0 saturated heterocycles. The number of hydrogen-bond donors (Lipinski definition) is 0.